The Kier molecular flexibility index (Phi) is 2.24. The van der Waals surface area contributed by atoms with Gasteiger partial charge in [0, 0.05) is 17.8 Å². The molecule has 0 aromatic heterocycles. The summed E-state index contributed by atoms with van der Waals surface area (Å²) in [5.41, 5.74) is 0. The average Bonchev–Trinajstić information content (AvgIpc) is 2.64. The van der Waals surface area contributed by atoms with E-state index in [4.69, 9.17) is 11.6 Å². The molecule has 2 bridgehead atoms. The molecule has 3 aliphatic carbocycles. The summed E-state index contributed by atoms with van der Waals surface area (Å²) in [6, 6.07) is 0. The zero-order valence-electron chi connectivity index (χ0n) is 9.08. The molecule has 3 rings (SSSR count). The fourth-order valence-electron chi connectivity index (χ4n) is 4.03. The molecule has 1 amide bonds. The van der Waals surface area contributed by atoms with Crippen LogP contribution in [0.2, 0.25) is 0 Å². The summed E-state index contributed by atoms with van der Waals surface area (Å²) in [5, 5.41) is 3.02. The van der Waals surface area contributed by atoms with Crippen LogP contribution in [0, 0.1) is 29.6 Å². The highest BCUT2D eigenvalue weighted by Gasteiger charge is 2.67. The molecule has 0 heterocycles. The average molecular weight is 228 g/mol. The molecule has 0 aromatic carbocycles. The van der Waals surface area contributed by atoms with Crippen LogP contribution in [0.5, 0.6) is 0 Å². The summed E-state index contributed by atoms with van der Waals surface area (Å²) in [6.07, 6.45) is 4.16. The molecule has 0 radical (unpaired) electrons. The van der Waals surface area contributed by atoms with E-state index < -0.39 is 0 Å². The minimum absolute atomic E-state index is 0.0456. The molecule has 3 aliphatic rings. The molecular weight excluding hydrogens is 210 g/mol. The van der Waals surface area contributed by atoms with E-state index in [-0.39, 0.29) is 11.3 Å². The number of fused-ring (bicyclic) bond motifs is 5. The van der Waals surface area contributed by atoms with E-state index in [1.54, 1.807) is 0 Å². The minimum Gasteiger partial charge on any atom is -0.354 e. The molecule has 3 heteroatoms. The number of carbonyl (C=O) groups is 1. The van der Waals surface area contributed by atoms with Crippen LogP contribution in [0.1, 0.15) is 26.2 Å². The Morgan fingerprint density at radius 3 is 2.53 bits per heavy atom. The Balaban J connectivity index is 1.56. The normalized spacial score (nSPS) is 47.5. The summed E-state index contributed by atoms with van der Waals surface area (Å²) >= 11 is 5.82. The van der Waals surface area contributed by atoms with Gasteiger partial charge in [0.1, 0.15) is 0 Å². The lowest BCUT2D eigenvalue weighted by molar-refractivity contribution is -0.123. The van der Waals surface area contributed by atoms with Crippen LogP contribution in [0.15, 0.2) is 0 Å². The molecule has 15 heavy (non-hydrogen) atoms. The van der Waals surface area contributed by atoms with Crippen LogP contribution in [0.25, 0.3) is 0 Å². The van der Waals surface area contributed by atoms with Crippen LogP contribution in [-0.4, -0.2) is 17.8 Å². The highest BCUT2D eigenvalue weighted by atomic mass is 35.5. The molecular formula is C12H18ClNO. The van der Waals surface area contributed by atoms with Gasteiger partial charge in [-0.1, -0.05) is 0 Å². The molecule has 0 aromatic rings. The Morgan fingerprint density at radius 1 is 1.40 bits per heavy atom. The van der Waals surface area contributed by atoms with Gasteiger partial charge >= 0.3 is 0 Å². The van der Waals surface area contributed by atoms with Crippen molar-refractivity contribution >= 4 is 17.5 Å². The monoisotopic (exact) mass is 227 g/mol. The summed E-state index contributed by atoms with van der Waals surface area (Å²) in [6.45, 7) is 2.53. The largest absolute Gasteiger partial charge is 0.354 e. The van der Waals surface area contributed by atoms with Crippen molar-refractivity contribution in [3.05, 3.63) is 0 Å². The van der Waals surface area contributed by atoms with E-state index in [1.807, 2.05) is 6.92 Å². The lowest BCUT2D eigenvalue weighted by Crippen LogP contribution is -2.31. The first-order valence-corrected chi connectivity index (χ1v) is 6.54. The van der Waals surface area contributed by atoms with Gasteiger partial charge < -0.3 is 5.32 Å². The fourth-order valence-corrected chi connectivity index (χ4v) is 4.11. The van der Waals surface area contributed by atoms with E-state index in [2.05, 4.69) is 5.32 Å². The predicted molar refractivity (Wildman–Crippen MR) is 59.6 cm³/mol. The predicted octanol–water partition coefficient (Wildman–Crippen LogP) is 2.02. The van der Waals surface area contributed by atoms with Gasteiger partial charge in [-0.05, 0) is 49.9 Å². The van der Waals surface area contributed by atoms with Crippen LogP contribution in [-0.2, 0) is 4.79 Å². The number of nitrogens with one attached hydrogen (secondary N) is 1. The van der Waals surface area contributed by atoms with Crippen LogP contribution in [0.3, 0.4) is 0 Å². The van der Waals surface area contributed by atoms with Gasteiger partial charge in [-0.15, -0.1) is 11.6 Å². The Morgan fingerprint density at radius 2 is 2.00 bits per heavy atom. The van der Waals surface area contributed by atoms with E-state index in [9.17, 15) is 4.79 Å². The van der Waals surface area contributed by atoms with Gasteiger partial charge in [0.2, 0.25) is 5.91 Å². The Bertz CT molecular complexity index is 275. The van der Waals surface area contributed by atoms with Crippen molar-refractivity contribution in [1.29, 1.82) is 0 Å². The summed E-state index contributed by atoms with van der Waals surface area (Å²) in [4.78, 5) is 11.9. The third-order valence-electron chi connectivity index (χ3n) is 4.60. The molecule has 84 valence electrons. The number of rotatable bonds is 3. The molecule has 1 N–H and O–H groups in total. The molecule has 0 aliphatic heterocycles. The Hall–Kier alpha value is -0.240. The van der Waals surface area contributed by atoms with Crippen molar-refractivity contribution in [2.24, 2.45) is 29.6 Å². The molecule has 3 fully saturated rings. The summed E-state index contributed by atoms with van der Waals surface area (Å²) in [7, 11) is 0. The topological polar surface area (TPSA) is 29.1 Å². The molecule has 2 nitrogen and oxygen atoms in total. The summed E-state index contributed by atoms with van der Waals surface area (Å²) in [5.74, 6) is 3.87. The third-order valence-corrected chi connectivity index (χ3v) is 4.75. The van der Waals surface area contributed by atoms with Crippen LogP contribution >= 0.6 is 11.6 Å². The summed E-state index contributed by atoms with van der Waals surface area (Å²) < 4.78 is 0. The zero-order valence-corrected chi connectivity index (χ0v) is 9.83. The van der Waals surface area contributed by atoms with Crippen molar-refractivity contribution in [2.45, 2.75) is 31.6 Å². The minimum atomic E-state index is 0.0456. The van der Waals surface area contributed by atoms with E-state index >= 15 is 0 Å². The number of amides is 1. The van der Waals surface area contributed by atoms with Gasteiger partial charge in [0.25, 0.3) is 0 Å². The van der Waals surface area contributed by atoms with Gasteiger partial charge in [-0.25, -0.2) is 0 Å². The lowest BCUT2D eigenvalue weighted by Gasteiger charge is -2.10. The number of alkyl halides is 1. The maximum Gasteiger partial charge on any atom is 0.223 e. The highest BCUT2D eigenvalue weighted by molar-refractivity contribution is 6.20. The van der Waals surface area contributed by atoms with Crippen LogP contribution < -0.4 is 5.32 Å². The maximum atomic E-state index is 11.9. The third kappa shape index (κ3) is 1.49. The number of carbonyl (C=O) groups excluding carboxylic acids is 1. The molecule has 3 saturated carbocycles. The zero-order chi connectivity index (χ0) is 10.6. The van der Waals surface area contributed by atoms with Gasteiger partial charge in [0.15, 0.2) is 0 Å². The fraction of sp³-hybridized carbons (Fsp3) is 0.917. The van der Waals surface area contributed by atoms with E-state index in [1.165, 1.54) is 19.3 Å². The van der Waals surface area contributed by atoms with Gasteiger partial charge in [-0.3, -0.25) is 4.79 Å². The number of halogens is 1. The van der Waals surface area contributed by atoms with Crippen molar-refractivity contribution in [1.82, 2.24) is 5.32 Å². The second kappa shape index (κ2) is 3.38. The van der Waals surface area contributed by atoms with E-state index in [0.29, 0.717) is 12.5 Å². The standard InChI is InChI=1S/C12H18ClNO/c1-6(13)5-14-12(15)11-9-7-2-3-8(4-7)10(9)11/h6-11H,2-5H2,1H3,(H,14,15). The smallest absolute Gasteiger partial charge is 0.223 e. The van der Waals surface area contributed by atoms with Crippen molar-refractivity contribution in [3.8, 4) is 0 Å². The lowest BCUT2D eigenvalue weighted by atomic mass is 10.0. The first kappa shape index (κ1) is 9.95. The van der Waals surface area contributed by atoms with Crippen molar-refractivity contribution < 1.29 is 4.79 Å². The highest BCUT2D eigenvalue weighted by Crippen LogP contribution is 2.69. The van der Waals surface area contributed by atoms with Crippen LogP contribution in [0.4, 0.5) is 0 Å². The first-order chi connectivity index (χ1) is 7.18. The van der Waals surface area contributed by atoms with E-state index in [0.717, 1.165) is 23.7 Å². The Labute approximate surface area is 95.8 Å². The molecule has 0 saturated heterocycles. The molecule has 5 unspecified atom stereocenters. The second-order valence-electron chi connectivity index (χ2n) is 5.54. The quantitative estimate of drug-likeness (QED) is 0.735. The first-order valence-electron chi connectivity index (χ1n) is 6.10. The van der Waals surface area contributed by atoms with Gasteiger partial charge in [0.05, 0.1) is 0 Å². The van der Waals surface area contributed by atoms with Crippen molar-refractivity contribution in [3.63, 3.8) is 0 Å². The maximum absolute atomic E-state index is 11.9. The SMILES string of the molecule is CC(Cl)CNC(=O)C1C2C3CCC(C3)C12. The number of hydrogen-bond donors (Lipinski definition) is 1. The molecule has 5 atom stereocenters. The molecule has 0 spiro atoms. The van der Waals surface area contributed by atoms with Crippen molar-refractivity contribution in [2.75, 3.05) is 6.54 Å². The second-order valence-corrected chi connectivity index (χ2v) is 6.28. The number of hydrogen-bond acceptors (Lipinski definition) is 1. The van der Waals surface area contributed by atoms with Gasteiger partial charge in [-0.2, -0.15) is 0 Å².